The number of piperidine rings is 1. The van der Waals surface area contributed by atoms with Crippen LogP contribution in [0.25, 0.3) is 0 Å². The lowest BCUT2D eigenvalue weighted by Crippen LogP contribution is -2.35. The third-order valence-electron chi connectivity index (χ3n) is 4.34. The Kier molecular flexibility index (Phi) is 3.55. The van der Waals surface area contributed by atoms with E-state index in [1.165, 1.54) is 62.1 Å². The molecule has 0 amide bonds. The molecule has 18 heavy (non-hydrogen) atoms. The van der Waals surface area contributed by atoms with Gasteiger partial charge in [-0.15, -0.1) is 0 Å². The molecule has 2 nitrogen and oxygen atoms in total. The summed E-state index contributed by atoms with van der Waals surface area (Å²) in [7, 11) is 0. The van der Waals surface area contributed by atoms with Crippen molar-refractivity contribution in [2.45, 2.75) is 32.6 Å². The molecule has 0 saturated carbocycles. The van der Waals surface area contributed by atoms with Crippen LogP contribution < -0.4 is 5.32 Å². The fourth-order valence-electron chi connectivity index (χ4n) is 3.29. The summed E-state index contributed by atoms with van der Waals surface area (Å²) in [5.74, 6) is 0.892. The van der Waals surface area contributed by atoms with E-state index in [1.54, 1.807) is 0 Å². The fraction of sp³-hybridized carbons (Fsp3) is 0.625. The van der Waals surface area contributed by atoms with Gasteiger partial charge < -0.3 is 10.2 Å². The molecule has 0 bridgehead atoms. The summed E-state index contributed by atoms with van der Waals surface area (Å²) in [6.45, 7) is 7.33. The Morgan fingerprint density at radius 3 is 3.22 bits per heavy atom. The third kappa shape index (κ3) is 2.69. The molecule has 98 valence electrons. The smallest absolute Gasteiger partial charge is 0.0373 e. The average molecular weight is 244 g/mol. The highest BCUT2D eigenvalue weighted by molar-refractivity contribution is 5.56. The minimum absolute atomic E-state index is 0.892. The Morgan fingerprint density at radius 2 is 2.33 bits per heavy atom. The van der Waals surface area contributed by atoms with E-state index in [4.69, 9.17) is 0 Å². The molecule has 1 aromatic carbocycles. The molecule has 2 aliphatic heterocycles. The summed E-state index contributed by atoms with van der Waals surface area (Å²) in [5.41, 5.74) is 4.38. The standard InChI is InChI=1S/C16H24N2/c1-13-3-2-9-18(12-13)10-7-14-4-5-16-15(11-14)6-8-17-16/h4-5,11,13,17H,2-3,6-10,12H2,1H3. The number of likely N-dealkylation sites (tertiary alicyclic amines) is 1. The van der Waals surface area contributed by atoms with Gasteiger partial charge in [0.2, 0.25) is 0 Å². The van der Waals surface area contributed by atoms with Gasteiger partial charge in [0, 0.05) is 25.3 Å². The fourth-order valence-corrected chi connectivity index (χ4v) is 3.29. The van der Waals surface area contributed by atoms with Gasteiger partial charge in [-0.1, -0.05) is 19.1 Å². The van der Waals surface area contributed by atoms with Crippen molar-refractivity contribution in [1.29, 1.82) is 0 Å². The highest BCUT2D eigenvalue weighted by atomic mass is 15.1. The molecule has 1 unspecified atom stereocenters. The quantitative estimate of drug-likeness (QED) is 0.879. The molecule has 3 rings (SSSR count). The van der Waals surface area contributed by atoms with Gasteiger partial charge in [-0.25, -0.2) is 0 Å². The van der Waals surface area contributed by atoms with Crippen LogP contribution in [0.1, 0.15) is 30.9 Å². The van der Waals surface area contributed by atoms with Crippen molar-refractivity contribution in [3.8, 4) is 0 Å². The van der Waals surface area contributed by atoms with Gasteiger partial charge in [0.1, 0.15) is 0 Å². The van der Waals surface area contributed by atoms with Gasteiger partial charge in [-0.2, -0.15) is 0 Å². The molecule has 1 N–H and O–H groups in total. The van der Waals surface area contributed by atoms with Crippen LogP contribution in [0.5, 0.6) is 0 Å². The van der Waals surface area contributed by atoms with Crippen LogP contribution in [0.3, 0.4) is 0 Å². The van der Waals surface area contributed by atoms with Gasteiger partial charge in [0.15, 0.2) is 0 Å². The molecule has 1 saturated heterocycles. The van der Waals surface area contributed by atoms with E-state index in [9.17, 15) is 0 Å². The minimum atomic E-state index is 0.892. The zero-order valence-electron chi connectivity index (χ0n) is 11.4. The summed E-state index contributed by atoms with van der Waals surface area (Å²) in [6, 6.07) is 6.96. The lowest BCUT2D eigenvalue weighted by molar-refractivity contribution is 0.186. The molecule has 0 aliphatic carbocycles. The second-order valence-electron chi connectivity index (χ2n) is 5.97. The minimum Gasteiger partial charge on any atom is -0.384 e. The number of benzene rings is 1. The highest BCUT2D eigenvalue weighted by Crippen LogP contribution is 2.23. The Morgan fingerprint density at radius 1 is 1.39 bits per heavy atom. The van der Waals surface area contributed by atoms with E-state index in [1.807, 2.05) is 0 Å². The molecule has 0 aromatic heterocycles. The monoisotopic (exact) mass is 244 g/mol. The zero-order chi connectivity index (χ0) is 12.4. The van der Waals surface area contributed by atoms with Crippen molar-refractivity contribution in [2.24, 2.45) is 5.92 Å². The summed E-state index contributed by atoms with van der Waals surface area (Å²) in [4.78, 5) is 2.64. The van der Waals surface area contributed by atoms with Crippen molar-refractivity contribution in [3.63, 3.8) is 0 Å². The first kappa shape index (κ1) is 12.0. The highest BCUT2D eigenvalue weighted by Gasteiger charge is 2.16. The first-order valence-corrected chi connectivity index (χ1v) is 7.39. The number of hydrogen-bond donors (Lipinski definition) is 1. The second-order valence-corrected chi connectivity index (χ2v) is 5.97. The van der Waals surface area contributed by atoms with E-state index >= 15 is 0 Å². The lowest BCUT2D eigenvalue weighted by atomic mass is 9.99. The Labute approximate surface area is 110 Å². The van der Waals surface area contributed by atoms with Crippen molar-refractivity contribution in [1.82, 2.24) is 4.90 Å². The number of hydrogen-bond acceptors (Lipinski definition) is 2. The topological polar surface area (TPSA) is 15.3 Å². The van der Waals surface area contributed by atoms with E-state index in [-0.39, 0.29) is 0 Å². The number of rotatable bonds is 3. The van der Waals surface area contributed by atoms with Crippen molar-refractivity contribution < 1.29 is 0 Å². The molecule has 0 spiro atoms. The molecule has 0 radical (unpaired) electrons. The predicted octanol–water partition coefficient (Wildman–Crippen LogP) is 2.93. The van der Waals surface area contributed by atoms with Crippen molar-refractivity contribution in [3.05, 3.63) is 29.3 Å². The zero-order valence-corrected chi connectivity index (χ0v) is 11.4. The van der Waals surface area contributed by atoms with Crippen LogP contribution >= 0.6 is 0 Å². The van der Waals surface area contributed by atoms with Crippen LogP contribution in [0.2, 0.25) is 0 Å². The molecule has 2 heteroatoms. The summed E-state index contributed by atoms with van der Waals surface area (Å²) in [6.07, 6.45) is 5.21. The number of fused-ring (bicyclic) bond motifs is 1. The number of nitrogens with zero attached hydrogens (tertiary/aromatic N) is 1. The molecule has 1 aromatic rings. The van der Waals surface area contributed by atoms with E-state index < -0.39 is 0 Å². The average Bonchev–Trinajstić information content (AvgIpc) is 2.84. The Bertz CT molecular complexity index is 414. The third-order valence-corrected chi connectivity index (χ3v) is 4.34. The van der Waals surface area contributed by atoms with Crippen LogP contribution in [-0.2, 0) is 12.8 Å². The van der Waals surface area contributed by atoms with Crippen LogP contribution in [0, 0.1) is 5.92 Å². The maximum atomic E-state index is 3.43. The maximum absolute atomic E-state index is 3.43. The van der Waals surface area contributed by atoms with Gasteiger partial charge >= 0.3 is 0 Å². The largest absolute Gasteiger partial charge is 0.384 e. The van der Waals surface area contributed by atoms with Crippen molar-refractivity contribution in [2.75, 3.05) is 31.5 Å². The lowest BCUT2D eigenvalue weighted by Gasteiger charge is -2.30. The SMILES string of the molecule is CC1CCCN(CCc2ccc3c(c2)CCN3)C1. The normalized spacial score (nSPS) is 23.7. The molecule has 2 aliphatic rings. The Hall–Kier alpha value is -1.02. The van der Waals surface area contributed by atoms with Crippen LogP contribution in [0.4, 0.5) is 5.69 Å². The first-order chi connectivity index (χ1) is 8.81. The van der Waals surface area contributed by atoms with Crippen LogP contribution in [0.15, 0.2) is 18.2 Å². The summed E-state index contributed by atoms with van der Waals surface area (Å²) in [5, 5.41) is 3.43. The number of nitrogens with one attached hydrogen (secondary N) is 1. The molecular formula is C16H24N2. The van der Waals surface area contributed by atoms with Gasteiger partial charge in [-0.3, -0.25) is 0 Å². The van der Waals surface area contributed by atoms with E-state index in [2.05, 4.69) is 35.3 Å². The maximum Gasteiger partial charge on any atom is 0.0373 e. The second kappa shape index (κ2) is 5.31. The first-order valence-electron chi connectivity index (χ1n) is 7.39. The van der Waals surface area contributed by atoms with Crippen molar-refractivity contribution >= 4 is 5.69 Å². The van der Waals surface area contributed by atoms with E-state index in [0.29, 0.717) is 0 Å². The van der Waals surface area contributed by atoms with E-state index in [0.717, 1.165) is 12.5 Å². The Balaban J connectivity index is 1.56. The molecular weight excluding hydrogens is 220 g/mol. The summed E-state index contributed by atoms with van der Waals surface area (Å²) < 4.78 is 0. The van der Waals surface area contributed by atoms with Crippen LogP contribution in [-0.4, -0.2) is 31.1 Å². The summed E-state index contributed by atoms with van der Waals surface area (Å²) >= 11 is 0. The van der Waals surface area contributed by atoms with Gasteiger partial charge in [-0.05, 0) is 55.3 Å². The number of anilines is 1. The van der Waals surface area contributed by atoms with Gasteiger partial charge in [0.05, 0.1) is 0 Å². The molecule has 2 heterocycles. The molecule has 1 fully saturated rings. The molecule has 1 atom stereocenters. The van der Waals surface area contributed by atoms with Gasteiger partial charge in [0.25, 0.3) is 0 Å². The predicted molar refractivity (Wildman–Crippen MR) is 77.2 cm³/mol.